The number of rotatable bonds is 7. The molecule has 0 aromatic heterocycles. The first-order chi connectivity index (χ1) is 19.0. The first-order valence-corrected chi connectivity index (χ1v) is 12.0. The minimum absolute atomic E-state index is 0.0601. The van der Waals surface area contributed by atoms with Crippen molar-refractivity contribution in [2.75, 3.05) is 13.2 Å². The maximum Gasteiger partial charge on any atom is 0.413 e. The Morgan fingerprint density at radius 2 is 1.73 bits per heavy atom. The number of aliphatic hydroxyl groups excluding tert-OH is 6. The number of nitrogens with zero attached hydrogens (tertiary/aromatic N) is 2. The van der Waals surface area contributed by atoms with E-state index in [0.717, 1.165) is 11.1 Å². The van der Waals surface area contributed by atoms with Crippen molar-refractivity contribution in [1.82, 2.24) is 10.2 Å². The normalized spacial score (nSPS) is 33.5. The summed E-state index contributed by atoms with van der Waals surface area (Å²) in [5.41, 5.74) is 0.533. The molecule has 14 nitrogen and oxygen atoms in total. The van der Waals surface area contributed by atoms with Crippen molar-refractivity contribution in [3.63, 3.8) is 0 Å². The van der Waals surface area contributed by atoms with Gasteiger partial charge in [0.2, 0.25) is 12.5 Å². The van der Waals surface area contributed by atoms with E-state index in [4.69, 9.17) is 24.1 Å². The second-order valence-corrected chi connectivity index (χ2v) is 9.13. The molecule has 4 rings (SSSR count). The summed E-state index contributed by atoms with van der Waals surface area (Å²) in [6.45, 7) is 1.97. The fraction of sp³-hybridized carbons (Fsp3) is 0.500. The Morgan fingerprint density at radius 3 is 2.33 bits per heavy atom. The highest BCUT2D eigenvalue weighted by atomic mass is 19.3. The zero-order valence-electron chi connectivity index (χ0n) is 20.8. The van der Waals surface area contributed by atoms with E-state index in [0.29, 0.717) is 5.56 Å². The maximum atomic E-state index is 14.4. The van der Waals surface area contributed by atoms with Gasteiger partial charge in [0.05, 0.1) is 13.2 Å². The highest BCUT2D eigenvalue weighted by Crippen LogP contribution is 2.39. The molecule has 3 aliphatic heterocycles. The molecule has 2 fully saturated rings. The second kappa shape index (κ2) is 12.1. The van der Waals surface area contributed by atoms with E-state index in [2.05, 4.69) is 16.9 Å². The van der Waals surface area contributed by atoms with Crippen LogP contribution in [0.15, 0.2) is 53.9 Å². The summed E-state index contributed by atoms with van der Waals surface area (Å²) in [6, 6.07) is 6.04. The van der Waals surface area contributed by atoms with E-state index < -0.39 is 74.4 Å². The van der Waals surface area contributed by atoms with Gasteiger partial charge in [-0.1, -0.05) is 18.7 Å². The summed E-state index contributed by atoms with van der Waals surface area (Å²) in [6.07, 6.45) is -11.4. The summed E-state index contributed by atoms with van der Waals surface area (Å²) in [5, 5.41) is 60.2. The van der Waals surface area contributed by atoms with Gasteiger partial charge in [-0.15, -0.1) is 0 Å². The van der Waals surface area contributed by atoms with Crippen LogP contribution >= 0.6 is 0 Å². The number of ether oxygens (including phenoxy) is 4. The third-order valence-electron chi connectivity index (χ3n) is 6.38. The van der Waals surface area contributed by atoms with Gasteiger partial charge in [0.25, 0.3) is 0 Å². The van der Waals surface area contributed by atoms with Crippen molar-refractivity contribution in [2.45, 2.75) is 61.7 Å². The lowest BCUT2D eigenvalue weighted by Gasteiger charge is -2.39. The molecule has 1 aromatic rings. The van der Waals surface area contributed by atoms with Gasteiger partial charge >= 0.3 is 12.0 Å². The Bertz CT molecular complexity index is 1130. The molecule has 0 radical (unpaired) electrons. The van der Waals surface area contributed by atoms with Gasteiger partial charge in [0.15, 0.2) is 6.10 Å². The SMILES string of the molecule is C=C1N=C(NC(=O)OCc2ccc(O[C@@H]3OC(CO)[C@H](O)[C@H](O)C3O)cc2)C=CN1[C@@H]1O[C@H](CO)C(O)C1(F)F. The Labute approximate surface area is 226 Å². The molecule has 2 saturated heterocycles. The number of carbonyl (C=O) groups excluding carboxylic acids is 1. The largest absolute Gasteiger partial charge is 0.462 e. The van der Waals surface area contributed by atoms with Gasteiger partial charge < -0.3 is 54.5 Å². The number of nitrogens with one attached hydrogen (secondary N) is 1. The lowest BCUT2D eigenvalue weighted by molar-refractivity contribution is -0.277. The van der Waals surface area contributed by atoms with Gasteiger partial charge in [0.1, 0.15) is 54.5 Å². The van der Waals surface area contributed by atoms with Gasteiger partial charge in [-0.2, -0.15) is 8.78 Å². The summed E-state index contributed by atoms with van der Waals surface area (Å²) in [4.78, 5) is 17.0. The highest BCUT2D eigenvalue weighted by Gasteiger charge is 2.60. The number of hydrogen-bond donors (Lipinski definition) is 7. The van der Waals surface area contributed by atoms with Crippen LogP contribution in [-0.2, 0) is 20.8 Å². The number of benzene rings is 1. The molecule has 0 spiro atoms. The summed E-state index contributed by atoms with van der Waals surface area (Å²) in [7, 11) is 0. The number of alkyl carbamates (subject to hydrolysis) is 1. The number of hydrogen-bond acceptors (Lipinski definition) is 13. The van der Waals surface area contributed by atoms with Crippen molar-refractivity contribution >= 4 is 11.9 Å². The van der Waals surface area contributed by atoms with Gasteiger partial charge in [-0.25, -0.2) is 9.79 Å². The van der Waals surface area contributed by atoms with Crippen molar-refractivity contribution in [3.8, 4) is 5.75 Å². The molecule has 40 heavy (non-hydrogen) atoms. The van der Waals surface area contributed by atoms with Crippen LogP contribution in [0.25, 0.3) is 0 Å². The molecule has 3 unspecified atom stereocenters. The molecular weight excluding hydrogens is 544 g/mol. The predicted molar refractivity (Wildman–Crippen MR) is 128 cm³/mol. The van der Waals surface area contributed by atoms with E-state index in [1.165, 1.54) is 18.2 Å². The average molecular weight is 574 g/mol. The van der Waals surface area contributed by atoms with E-state index >= 15 is 0 Å². The van der Waals surface area contributed by atoms with E-state index in [-0.39, 0.29) is 24.0 Å². The van der Waals surface area contributed by atoms with Crippen LogP contribution in [0.4, 0.5) is 13.6 Å². The van der Waals surface area contributed by atoms with Crippen LogP contribution in [0, 0.1) is 0 Å². The number of alkyl halides is 2. The van der Waals surface area contributed by atoms with Crippen molar-refractivity contribution in [2.24, 2.45) is 4.99 Å². The van der Waals surface area contributed by atoms with E-state index in [9.17, 15) is 39.1 Å². The lowest BCUT2D eigenvalue weighted by Crippen LogP contribution is -2.60. The predicted octanol–water partition coefficient (Wildman–Crippen LogP) is -1.50. The molecule has 220 valence electrons. The Balaban J connectivity index is 1.26. The first-order valence-electron chi connectivity index (χ1n) is 12.0. The van der Waals surface area contributed by atoms with Gasteiger partial charge in [0, 0.05) is 6.20 Å². The summed E-state index contributed by atoms with van der Waals surface area (Å²) < 4.78 is 49.7. The topological polar surface area (TPSA) is 203 Å². The quantitative estimate of drug-likeness (QED) is 0.199. The number of aliphatic imine (C=N–C) groups is 1. The molecule has 0 bridgehead atoms. The van der Waals surface area contributed by atoms with Crippen molar-refractivity contribution < 1.29 is 63.2 Å². The third kappa shape index (κ3) is 6.08. The fourth-order valence-electron chi connectivity index (χ4n) is 4.13. The lowest BCUT2D eigenvalue weighted by atomic mass is 9.99. The number of amidine groups is 1. The Hall–Kier alpha value is -3.22. The standard InChI is InChI=1S/C24H29F2N3O11/c1-11-27-16(6-7-29(11)22-24(25,26)20(35)15(9-31)40-22)28-23(36)37-10-12-2-4-13(5-3-12)38-21-19(34)18(33)17(32)14(8-30)39-21/h2-7,14-15,17-22,30-35H,1,8-10H2,(H,27,28,36)/t14?,15-,17+,18+,19?,20?,21-,22-/m1/s1. The molecular formula is C24H29F2N3O11. The van der Waals surface area contributed by atoms with Gasteiger partial charge in [-0.3, -0.25) is 5.32 Å². The highest BCUT2D eigenvalue weighted by molar-refractivity contribution is 6.03. The smallest absolute Gasteiger partial charge is 0.413 e. The Kier molecular flexibility index (Phi) is 9.01. The van der Waals surface area contributed by atoms with Crippen LogP contribution in [0.1, 0.15) is 5.56 Å². The number of halogens is 2. The first kappa shape index (κ1) is 29.8. The molecule has 0 aliphatic carbocycles. The minimum Gasteiger partial charge on any atom is -0.462 e. The van der Waals surface area contributed by atoms with Gasteiger partial charge in [-0.05, 0) is 23.8 Å². The maximum absolute atomic E-state index is 14.4. The molecule has 0 saturated carbocycles. The summed E-state index contributed by atoms with van der Waals surface area (Å²) >= 11 is 0. The molecule has 16 heteroatoms. The second-order valence-electron chi connectivity index (χ2n) is 9.13. The monoisotopic (exact) mass is 573 g/mol. The minimum atomic E-state index is -3.73. The molecule has 3 aliphatic rings. The fourth-order valence-corrected chi connectivity index (χ4v) is 4.13. The molecule has 8 atom stereocenters. The molecule has 1 amide bonds. The van der Waals surface area contributed by atoms with Crippen LogP contribution in [0.5, 0.6) is 5.75 Å². The summed E-state index contributed by atoms with van der Waals surface area (Å²) in [5.74, 6) is -3.79. The number of carbonyl (C=O) groups is 1. The average Bonchev–Trinajstić information content (AvgIpc) is 3.16. The van der Waals surface area contributed by atoms with Crippen LogP contribution < -0.4 is 10.1 Å². The van der Waals surface area contributed by atoms with E-state index in [1.54, 1.807) is 12.1 Å². The molecule has 1 aromatic carbocycles. The third-order valence-corrected chi connectivity index (χ3v) is 6.38. The zero-order chi connectivity index (χ0) is 29.2. The number of amides is 1. The van der Waals surface area contributed by atoms with Crippen molar-refractivity contribution in [3.05, 3.63) is 54.5 Å². The zero-order valence-corrected chi connectivity index (χ0v) is 20.8. The van der Waals surface area contributed by atoms with Crippen molar-refractivity contribution in [1.29, 1.82) is 0 Å². The molecule has 7 N–H and O–H groups in total. The van der Waals surface area contributed by atoms with Crippen LogP contribution in [-0.4, -0.2) is 116 Å². The van der Waals surface area contributed by atoms with E-state index in [1.807, 2.05) is 0 Å². The van der Waals surface area contributed by atoms with Crippen LogP contribution in [0.2, 0.25) is 0 Å². The Morgan fingerprint density at radius 1 is 1.05 bits per heavy atom. The van der Waals surface area contributed by atoms with Crippen LogP contribution in [0.3, 0.4) is 0 Å². The number of aliphatic hydroxyl groups is 6. The molecule has 3 heterocycles.